The van der Waals surface area contributed by atoms with E-state index in [-0.39, 0.29) is 5.54 Å². The Morgan fingerprint density at radius 3 is 2.52 bits per heavy atom. The molecule has 160 valence electrons. The molecule has 1 aliphatic carbocycles. The maximum Gasteiger partial charge on any atom is 0.146 e. The van der Waals surface area contributed by atoms with Crippen LogP contribution >= 0.6 is 11.6 Å². The predicted molar refractivity (Wildman–Crippen MR) is 131 cm³/mol. The van der Waals surface area contributed by atoms with Crippen LogP contribution in [0.5, 0.6) is 0 Å². The number of pyridine rings is 1. The minimum Gasteiger partial charge on any atom is -0.321 e. The molecule has 31 heavy (non-hydrogen) atoms. The fourth-order valence-corrected chi connectivity index (χ4v) is 4.15. The number of aromatic nitrogens is 1. The van der Waals surface area contributed by atoms with Gasteiger partial charge < -0.3 is 5.73 Å². The lowest BCUT2D eigenvalue weighted by molar-refractivity contribution is 0.253. The van der Waals surface area contributed by atoms with Gasteiger partial charge in [-0.05, 0) is 81.0 Å². The second-order valence-corrected chi connectivity index (χ2v) is 8.60. The van der Waals surface area contributed by atoms with Crippen molar-refractivity contribution in [1.29, 1.82) is 0 Å². The highest BCUT2D eigenvalue weighted by Crippen LogP contribution is 2.41. The summed E-state index contributed by atoms with van der Waals surface area (Å²) in [6.07, 6.45) is 10.1. The quantitative estimate of drug-likeness (QED) is 0.548. The lowest BCUT2D eigenvalue weighted by Crippen LogP contribution is -2.43. The van der Waals surface area contributed by atoms with Gasteiger partial charge in [-0.3, -0.25) is 9.88 Å². The first kappa shape index (κ1) is 21.5. The third kappa shape index (κ3) is 4.10. The zero-order valence-electron chi connectivity index (χ0n) is 18.4. The summed E-state index contributed by atoms with van der Waals surface area (Å²) in [7, 11) is 0. The van der Waals surface area contributed by atoms with E-state index in [9.17, 15) is 0 Å². The fraction of sp³-hybridized carbons (Fsp3) is 0.308. The molecule has 1 fully saturated rings. The summed E-state index contributed by atoms with van der Waals surface area (Å²) in [4.78, 5) is 11.6. The molecule has 1 saturated carbocycles. The first-order valence-corrected chi connectivity index (χ1v) is 11.3. The van der Waals surface area contributed by atoms with Crippen LogP contribution in [0, 0.1) is 0 Å². The van der Waals surface area contributed by atoms with Crippen LogP contribution in [-0.2, 0) is 5.54 Å². The smallest absolute Gasteiger partial charge is 0.146 e. The predicted octanol–water partition coefficient (Wildman–Crippen LogP) is 6.51. The van der Waals surface area contributed by atoms with E-state index in [0.29, 0.717) is 5.16 Å². The van der Waals surface area contributed by atoms with Crippen molar-refractivity contribution in [3.05, 3.63) is 88.4 Å². The number of halogens is 1. The van der Waals surface area contributed by atoms with E-state index in [2.05, 4.69) is 53.2 Å². The molecular weight excluding hydrogens is 404 g/mol. The number of nitrogens with zero attached hydrogens (tertiary/aromatic N) is 3. The van der Waals surface area contributed by atoms with Gasteiger partial charge in [-0.1, -0.05) is 42.8 Å². The van der Waals surface area contributed by atoms with Gasteiger partial charge in [0.25, 0.3) is 0 Å². The van der Waals surface area contributed by atoms with E-state index in [1.165, 1.54) is 12.0 Å². The third-order valence-corrected chi connectivity index (χ3v) is 6.68. The van der Waals surface area contributed by atoms with Gasteiger partial charge in [0.2, 0.25) is 0 Å². The molecule has 2 N–H and O–H groups in total. The summed E-state index contributed by atoms with van der Waals surface area (Å²) in [6.45, 7) is 6.12. The molecule has 2 aliphatic rings. The number of rotatable bonds is 5. The van der Waals surface area contributed by atoms with Gasteiger partial charge in [-0.15, -0.1) is 0 Å². The average Bonchev–Trinajstić information content (AvgIpc) is 3.15. The molecule has 4 rings (SSSR count). The lowest BCUT2D eigenvalue weighted by Gasteiger charge is -2.38. The van der Waals surface area contributed by atoms with Crippen molar-refractivity contribution >= 4 is 28.8 Å². The normalized spacial score (nSPS) is 21.2. The van der Waals surface area contributed by atoms with Crippen LogP contribution in [0.2, 0.25) is 0 Å². The Morgan fingerprint density at radius 2 is 1.97 bits per heavy atom. The summed E-state index contributed by atoms with van der Waals surface area (Å²) in [5.41, 5.74) is 12.5. The van der Waals surface area contributed by atoms with Gasteiger partial charge in [0, 0.05) is 23.0 Å². The standard InChI is InChI=1S/C26H29ClN4/c1-4-18(3)24(27)30-25-19(5-2)17-23(22-9-6-7-16-29-22)31(25)21-12-10-20(11-13-21)26(28)14-8-15-26/h5-7,9-13,16-17H,4,8,14-15,28H2,1-3H3/b19-5-,24-18+,30-25+. The minimum absolute atomic E-state index is 0.182. The summed E-state index contributed by atoms with van der Waals surface area (Å²) in [5, 5.41) is 0.532. The van der Waals surface area contributed by atoms with Gasteiger partial charge in [0.15, 0.2) is 0 Å². The van der Waals surface area contributed by atoms with Gasteiger partial charge in [0.1, 0.15) is 11.0 Å². The molecule has 5 heteroatoms. The zero-order chi connectivity index (χ0) is 22.0. The highest BCUT2D eigenvalue weighted by molar-refractivity contribution is 6.32. The Bertz CT molecular complexity index is 1070. The maximum atomic E-state index is 6.57. The molecule has 0 bridgehead atoms. The largest absolute Gasteiger partial charge is 0.321 e. The number of hydrogen-bond donors (Lipinski definition) is 1. The van der Waals surface area contributed by atoms with E-state index < -0.39 is 0 Å². The van der Waals surface area contributed by atoms with Gasteiger partial charge in [-0.25, -0.2) is 4.99 Å². The van der Waals surface area contributed by atoms with E-state index >= 15 is 0 Å². The van der Waals surface area contributed by atoms with Crippen LogP contribution < -0.4 is 10.6 Å². The first-order valence-electron chi connectivity index (χ1n) is 10.9. The highest BCUT2D eigenvalue weighted by Gasteiger charge is 2.35. The number of aliphatic imine (C=N–C) groups is 1. The molecule has 0 unspecified atom stereocenters. The number of benzene rings is 1. The number of hydrogen-bond acceptors (Lipinski definition) is 3. The maximum absolute atomic E-state index is 6.57. The summed E-state index contributed by atoms with van der Waals surface area (Å²) in [5.74, 6) is 0.805. The summed E-state index contributed by atoms with van der Waals surface area (Å²) in [6, 6.07) is 14.5. The number of anilines is 1. The SMILES string of the molecule is C/C=C1/C=C(c2ccccn2)N(c2ccc(C3(N)CCC3)cc2)/C1=N/C(Cl)=C(\C)CC. The van der Waals surface area contributed by atoms with Crippen LogP contribution in [0.3, 0.4) is 0 Å². The molecule has 0 saturated heterocycles. The van der Waals surface area contributed by atoms with Gasteiger partial charge in [-0.2, -0.15) is 0 Å². The number of allylic oxidation sites excluding steroid dienone is 2. The van der Waals surface area contributed by atoms with Gasteiger partial charge >= 0.3 is 0 Å². The molecular formula is C26H29ClN4. The summed E-state index contributed by atoms with van der Waals surface area (Å²) >= 11 is 6.57. The molecule has 0 spiro atoms. The van der Waals surface area contributed by atoms with E-state index in [4.69, 9.17) is 22.3 Å². The minimum atomic E-state index is -0.182. The molecule has 1 aliphatic heterocycles. The van der Waals surface area contributed by atoms with Crippen LogP contribution in [0.1, 0.15) is 57.7 Å². The molecule has 4 nitrogen and oxygen atoms in total. The molecule has 0 amide bonds. The van der Waals surface area contributed by atoms with Crippen molar-refractivity contribution in [2.45, 2.75) is 52.0 Å². The lowest BCUT2D eigenvalue weighted by atomic mass is 9.73. The first-order chi connectivity index (χ1) is 15.0. The van der Waals surface area contributed by atoms with Crippen LogP contribution in [-0.4, -0.2) is 10.8 Å². The number of amidine groups is 1. The van der Waals surface area contributed by atoms with Crippen LogP contribution in [0.15, 0.2) is 82.1 Å². The number of nitrogens with two attached hydrogens (primary N) is 1. The second-order valence-electron chi connectivity index (χ2n) is 8.24. The molecule has 0 atom stereocenters. The van der Waals surface area contributed by atoms with E-state index in [1.54, 1.807) is 0 Å². The van der Waals surface area contributed by atoms with Crippen molar-refractivity contribution in [2.75, 3.05) is 4.90 Å². The Hall–Kier alpha value is -2.69. The molecule has 0 radical (unpaired) electrons. The topological polar surface area (TPSA) is 54.5 Å². The zero-order valence-corrected chi connectivity index (χ0v) is 19.2. The van der Waals surface area contributed by atoms with Gasteiger partial charge in [0.05, 0.1) is 11.4 Å². The molecule has 2 aromatic rings. The van der Waals surface area contributed by atoms with Crippen molar-refractivity contribution in [1.82, 2.24) is 4.98 Å². The van der Waals surface area contributed by atoms with E-state index in [1.807, 2.05) is 38.2 Å². The Kier molecular flexibility index (Phi) is 6.12. The fourth-order valence-electron chi connectivity index (χ4n) is 3.93. The van der Waals surface area contributed by atoms with E-state index in [0.717, 1.165) is 53.3 Å². The molecule has 1 aromatic heterocycles. The average molecular weight is 433 g/mol. The van der Waals surface area contributed by atoms with Crippen LogP contribution in [0.25, 0.3) is 5.70 Å². The Balaban J connectivity index is 1.82. The molecule has 1 aromatic carbocycles. The Morgan fingerprint density at radius 1 is 1.23 bits per heavy atom. The highest BCUT2D eigenvalue weighted by atomic mass is 35.5. The van der Waals surface area contributed by atoms with Crippen molar-refractivity contribution < 1.29 is 0 Å². The third-order valence-electron chi connectivity index (χ3n) is 6.27. The molecule has 2 heterocycles. The second kappa shape index (κ2) is 8.81. The monoisotopic (exact) mass is 432 g/mol. The van der Waals surface area contributed by atoms with Crippen molar-refractivity contribution in [2.24, 2.45) is 10.7 Å². The summed E-state index contributed by atoms with van der Waals surface area (Å²) < 4.78 is 0. The van der Waals surface area contributed by atoms with Crippen molar-refractivity contribution in [3.8, 4) is 0 Å². The van der Waals surface area contributed by atoms with Crippen LogP contribution in [0.4, 0.5) is 5.69 Å². The Labute approximate surface area is 189 Å². The van der Waals surface area contributed by atoms with Crippen molar-refractivity contribution in [3.63, 3.8) is 0 Å².